The Morgan fingerprint density at radius 3 is 1.92 bits per heavy atom. The average Bonchev–Trinajstić information content (AvgIpc) is 2.57. The van der Waals surface area contributed by atoms with Gasteiger partial charge in [0.2, 0.25) is 0 Å². The molecular formula is C19H24FN3O. The lowest BCUT2D eigenvalue weighted by Gasteiger charge is -2.13. The molecule has 0 aliphatic heterocycles. The minimum atomic E-state index is -0.230. The van der Waals surface area contributed by atoms with Gasteiger partial charge in [-0.15, -0.1) is 0 Å². The Bertz CT molecular complexity index is 651. The average molecular weight is 329 g/mol. The molecule has 2 N–H and O–H groups in total. The molecule has 0 saturated carbocycles. The normalized spacial score (nSPS) is 11.5. The van der Waals surface area contributed by atoms with Gasteiger partial charge in [-0.05, 0) is 49.2 Å². The standard InChI is InChI=1S/C19H24FN3O/c1-14(2)24-18-10-6-16(7-11-18)13-23-19(21-3)22-12-15-4-8-17(20)9-5-15/h4-11,14H,12-13H2,1-3H3,(H2,21,22,23). The van der Waals surface area contributed by atoms with Crippen LogP contribution in [0.4, 0.5) is 4.39 Å². The van der Waals surface area contributed by atoms with Gasteiger partial charge in [0.1, 0.15) is 11.6 Å². The molecule has 0 heterocycles. The van der Waals surface area contributed by atoms with Crippen LogP contribution in [-0.4, -0.2) is 19.1 Å². The van der Waals surface area contributed by atoms with E-state index in [1.54, 1.807) is 19.2 Å². The zero-order chi connectivity index (χ0) is 17.4. The number of rotatable bonds is 6. The van der Waals surface area contributed by atoms with E-state index in [1.165, 1.54) is 12.1 Å². The van der Waals surface area contributed by atoms with Gasteiger partial charge in [0.15, 0.2) is 5.96 Å². The van der Waals surface area contributed by atoms with Crippen molar-refractivity contribution in [3.8, 4) is 5.75 Å². The minimum Gasteiger partial charge on any atom is -0.491 e. The van der Waals surface area contributed by atoms with Crippen LogP contribution in [0, 0.1) is 5.82 Å². The third kappa shape index (κ3) is 5.91. The maximum Gasteiger partial charge on any atom is 0.191 e. The predicted octanol–water partition coefficient (Wildman–Crippen LogP) is 3.48. The third-order valence-electron chi connectivity index (χ3n) is 3.35. The molecule has 4 nitrogen and oxygen atoms in total. The van der Waals surface area contributed by atoms with Crippen molar-refractivity contribution in [2.45, 2.75) is 33.0 Å². The molecule has 2 aromatic rings. The largest absolute Gasteiger partial charge is 0.491 e. The summed E-state index contributed by atoms with van der Waals surface area (Å²) in [5.74, 6) is 1.33. The van der Waals surface area contributed by atoms with Gasteiger partial charge >= 0.3 is 0 Å². The summed E-state index contributed by atoms with van der Waals surface area (Å²) < 4.78 is 18.5. The first-order chi connectivity index (χ1) is 11.6. The van der Waals surface area contributed by atoms with Crippen molar-refractivity contribution in [1.29, 1.82) is 0 Å². The molecular weight excluding hydrogens is 305 g/mol. The van der Waals surface area contributed by atoms with Crippen molar-refractivity contribution in [2.75, 3.05) is 7.05 Å². The van der Waals surface area contributed by atoms with Crippen LogP contribution >= 0.6 is 0 Å². The van der Waals surface area contributed by atoms with Crippen molar-refractivity contribution in [3.05, 3.63) is 65.5 Å². The summed E-state index contributed by atoms with van der Waals surface area (Å²) in [6.45, 7) is 5.25. The molecule has 0 aromatic heterocycles. The zero-order valence-corrected chi connectivity index (χ0v) is 14.3. The third-order valence-corrected chi connectivity index (χ3v) is 3.35. The Kier molecular flexibility index (Phi) is 6.61. The van der Waals surface area contributed by atoms with Gasteiger partial charge in [-0.2, -0.15) is 0 Å². The summed E-state index contributed by atoms with van der Waals surface area (Å²) in [5, 5.41) is 6.46. The monoisotopic (exact) mass is 329 g/mol. The molecule has 0 aliphatic carbocycles. The molecule has 0 aliphatic rings. The highest BCUT2D eigenvalue weighted by Crippen LogP contribution is 2.13. The van der Waals surface area contributed by atoms with Gasteiger partial charge in [-0.1, -0.05) is 24.3 Å². The maximum atomic E-state index is 12.9. The Morgan fingerprint density at radius 2 is 1.46 bits per heavy atom. The SMILES string of the molecule is CN=C(NCc1ccc(F)cc1)NCc1ccc(OC(C)C)cc1. The second kappa shape index (κ2) is 8.91. The number of halogens is 1. The van der Waals surface area contributed by atoms with Gasteiger partial charge in [-0.25, -0.2) is 4.39 Å². The summed E-state index contributed by atoms with van der Waals surface area (Å²) in [7, 11) is 1.72. The van der Waals surface area contributed by atoms with Gasteiger partial charge in [0, 0.05) is 20.1 Å². The number of guanidine groups is 1. The van der Waals surface area contributed by atoms with E-state index in [2.05, 4.69) is 15.6 Å². The lowest BCUT2D eigenvalue weighted by molar-refractivity contribution is 0.242. The van der Waals surface area contributed by atoms with Gasteiger partial charge in [-0.3, -0.25) is 4.99 Å². The van der Waals surface area contributed by atoms with Crippen molar-refractivity contribution in [3.63, 3.8) is 0 Å². The van der Waals surface area contributed by atoms with Crippen LogP contribution in [0.2, 0.25) is 0 Å². The summed E-state index contributed by atoms with van der Waals surface area (Å²) in [6.07, 6.45) is 0.170. The zero-order valence-electron chi connectivity index (χ0n) is 14.3. The summed E-state index contributed by atoms with van der Waals surface area (Å²) >= 11 is 0. The van der Waals surface area contributed by atoms with Crippen LogP contribution in [0.5, 0.6) is 5.75 Å². The summed E-state index contributed by atoms with van der Waals surface area (Å²) in [6, 6.07) is 14.4. The second-order valence-electron chi connectivity index (χ2n) is 5.72. The van der Waals surface area contributed by atoms with Crippen LogP contribution in [0.3, 0.4) is 0 Å². The van der Waals surface area contributed by atoms with Crippen LogP contribution in [-0.2, 0) is 13.1 Å². The molecule has 128 valence electrons. The Balaban J connectivity index is 1.81. The fraction of sp³-hybridized carbons (Fsp3) is 0.316. The van der Waals surface area contributed by atoms with Crippen molar-refractivity contribution in [1.82, 2.24) is 10.6 Å². The van der Waals surface area contributed by atoms with Crippen LogP contribution in [0.15, 0.2) is 53.5 Å². The highest BCUT2D eigenvalue weighted by atomic mass is 19.1. The summed E-state index contributed by atoms with van der Waals surface area (Å²) in [4.78, 5) is 4.19. The first-order valence-corrected chi connectivity index (χ1v) is 8.01. The lowest BCUT2D eigenvalue weighted by atomic mass is 10.2. The molecule has 0 atom stereocenters. The van der Waals surface area contributed by atoms with E-state index in [9.17, 15) is 4.39 Å². The van der Waals surface area contributed by atoms with Crippen LogP contribution < -0.4 is 15.4 Å². The van der Waals surface area contributed by atoms with E-state index in [0.717, 1.165) is 16.9 Å². The van der Waals surface area contributed by atoms with Gasteiger partial charge in [0.25, 0.3) is 0 Å². The number of aliphatic imine (C=N–C) groups is 1. The molecule has 0 saturated heterocycles. The van der Waals surface area contributed by atoms with Crippen molar-refractivity contribution in [2.24, 2.45) is 4.99 Å². The lowest BCUT2D eigenvalue weighted by Crippen LogP contribution is -2.36. The highest BCUT2D eigenvalue weighted by molar-refractivity contribution is 5.79. The molecule has 24 heavy (non-hydrogen) atoms. The Hall–Kier alpha value is -2.56. The Morgan fingerprint density at radius 1 is 0.958 bits per heavy atom. The van der Waals surface area contributed by atoms with Crippen LogP contribution in [0.25, 0.3) is 0 Å². The predicted molar refractivity (Wildman–Crippen MR) is 95.6 cm³/mol. The van der Waals surface area contributed by atoms with Gasteiger partial charge in [0.05, 0.1) is 6.10 Å². The quantitative estimate of drug-likeness (QED) is 0.630. The molecule has 0 spiro atoms. The molecule has 0 unspecified atom stereocenters. The topological polar surface area (TPSA) is 45.7 Å². The van der Waals surface area contributed by atoms with Crippen LogP contribution in [0.1, 0.15) is 25.0 Å². The number of benzene rings is 2. The molecule has 2 rings (SSSR count). The highest BCUT2D eigenvalue weighted by Gasteiger charge is 2.01. The van der Waals surface area contributed by atoms with E-state index in [0.29, 0.717) is 19.0 Å². The van der Waals surface area contributed by atoms with E-state index >= 15 is 0 Å². The number of nitrogens with zero attached hydrogens (tertiary/aromatic N) is 1. The van der Waals surface area contributed by atoms with E-state index in [1.807, 2.05) is 38.1 Å². The van der Waals surface area contributed by atoms with Gasteiger partial charge < -0.3 is 15.4 Å². The number of hydrogen-bond donors (Lipinski definition) is 2. The number of nitrogens with one attached hydrogen (secondary N) is 2. The number of ether oxygens (including phenoxy) is 1. The van der Waals surface area contributed by atoms with E-state index in [4.69, 9.17) is 4.74 Å². The van der Waals surface area contributed by atoms with Crippen molar-refractivity contribution < 1.29 is 9.13 Å². The minimum absolute atomic E-state index is 0.170. The molecule has 0 radical (unpaired) electrons. The smallest absolute Gasteiger partial charge is 0.191 e. The molecule has 0 amide bonds. The van der Waals surface area contributed by atoms with E-state index < -0.39 is 0 Å². The Labute approximate surface area is 142 Å². The molecule has 2 aromatic carbocycles. The van der Waals surface area contributed by atoms with E-state index in [-0.39, 0.29) is 11.9 Å². The molecule has 0 fully saturated rings. The first kappa shape index (κ1) is 17.8. The first-order valence-electron chi connectivity index (χ1n) is 8.01. The molecule has 0 bridgehead atoms. The molecule has 5 heteroatoms. The fourth-order valence-electron chi connectivity index (χ4n) is 2.15. The fourth-order valence-corrected chi connectivity index (χ4v) is 2.15. The van der Waals surface area contributed by atoms with Crippen molar-refractivity contribution >= 4 is 5.96 Å². The summed E-state index contributed by atoms with van der Waals surface area (Å²) in [5.41, 5.74) is 2.13. The maximum absolute atomic E-state index is 12.9. The second-order valence-corrected chi connectivity index (χ2v) is 5.72. The number of hydrogen-bond acceptors (Lipinski definition) is 2.